The number of nitrogens with one attached hydrogen (secondary N) is 1. The van der Waals surface area contributed by atoms with Gasteiger partial charge in [-0.2, -0.15) is 0 Å². The highest BCUT2D eigenvalue weighted by Crippen LogP contribution is 2.33. The van der Waals surface area contributed by atoms with Gasteiger partial charge in [-0.25, -0.2) is 13.4 Å². The van der Waals surface area contributed by atoms with Crippen molar-refractivity contribution < 1.29 is 28.0 Å². The van der Waals surface area contributed by atoms with E-state index >= 15 is 0 Å². The van der Waals surface area contributed by atoms with Crippen molar-refractivity contribution in [2.45, 2.75) is 55.5 Å². The molecule has 0 radical (unpaired) electrons. The fourth-order valence-corrected chi connectivity index (χ4v) is 6.44. The molecule has 1 aliphatic carbocycles. The number of anilines is 1. The number of rotatable bonds is 11. The Morgan fingerprint density at radius 1 is 1.32 bits per heavy atom. The summed E-state index contributed by atoms with van der Waals surface area (Å²) in [6.07, 6.45) is 3.28. The van der Waals surface area contributed by atoms with Gasteiger partial charge in [0, 0.05) is 48.9 Å². The van der Waals surface area contributed by atoms with E-state index in [4.69, 9.17) is 4.84 Å². The summed E-state index contributed by atoms with van der Waals surface area (Å²) in [7, 11) is -3.36. The van der Waals surface area contributed by atoms with Gasteiger partial charge in [0.2, 0.25) is 6.41 Å². The lowest BCUT2D eigenvalue weighted by Gasteiger charge is -2.37. The van der Waals surface area contributed by atoms with Crippen LogP contribution in [0.4, 0.5) is 5.13 Å². The van der Waals surface area contributed by atoms with E-state index in [1.54, 1.807) is 18.0 Å². The minimum absolute atomic E-state index is 0.0637. The summed E-state index contributed by atoms with van der Waals surface area (Å²) in [6.45, 7) is 6.15. The van der Waals surface area contributed by atoms with Crippen LogP contribution in [0.5, 0.6) is 0 Å². The smallest absolute Gasteiger partial charge is 0.280 e. The fourth-order valence-electron chi connectivity index (χ4n) is 3.94. The quantitative estimate of drug-likeness (QED) is 0.244. The first-order valence-corrected chi connectivity index (χ1v) is 14.5. The Kier molecular flexibility index (Phi) is 8.57. The number of aliphatic hydroxyl groups is 1. The summed E-state index contributed by atoms with van der Waals surface area (Å²) in [5.41, 5.74) is 0.308. The number of oxime groups is 1. The summed E-state index contributed by atoms with van der Waals surface area (Å²) >= 11 is 1.34. The lowest BCUT2D eigenvalue weighted by molar-refractivity contribution is -0.122. The second kappa shape index (κ2) is 11.7. The molecule has 200 valence electrons. The number of thiazole rings is 1. The SMILES string of the molecule is C[C@H](CO)O/N=C(/C(=O)Nc1ncc(CN2CCN(C=O)[C@@H](C)C2)s1)c1ccc(S(=O)(=O)C2CC2)cc1. The lowest BCUT2D eigenvalue weighted by Crippen LogP contribution is -2.50. The molecule has 2 amide bonds. The van der Waals surface area contributed by atoms with Crippen molar-refractivity contribution in [3.8, 4) is 0 Å². The van der Waals surface area contributed by atoms with Crippen LogP contribution >= 0.6 is 11.3 Å². The average Bonchev–Trinajstić information content (AvgIpc) is 3.66. The Balaban J connectivity index is 1.45. The Bertz CT molecular complexity index is 1240. The van der Waals surface area contributed by atoms with Crippen LogP contribution in [0.1, 0.15) is 37.1 Å². The van der Waals surface area contributed by atoms with Gasteiger partial charge in [0.05, 0.1) is 16.8 Å². The standard InChI is InChI=1S/C24H31N5O6S2/c1-16-12-28(9-10-29(16)15-31)13-19-11-25-24(36-19)26-23(32)22(27-35-17(2)14-30)18-3-5-20(6-4-18)37(33,34)21-7-8-21/h3-6,11,15-17,21,30H,7-10,12-14H2,1-2H3,(H,25,26,32)/b27-22+/t16-,17+/m0/s1. The molecule has 1 saturated heterocycles. The summed E-state index contributed by atoms with van der Waals surface area (Å²) in [5, 5.41) is 16.0. The summed E-state index contributed by atoms with van der Waals surface area (Å²) in [4.78, 5) is 39.0. The maximum absolute atomic E-state index is 13.1. The molecule has 11 nitrogen and oxygen atoms in total. The third-order valence-corrected chi connectivity index (χ3v) is 9.44. The number of sulfone groups is 1. The summed E-state index contributed by atoms with van der Waals surface area (Å²) in [6, 6.07) is 6.11. The Morgan fingerprint density at radius 2 is 2.05 bits per heavy atom. The predicted molar refractivity (Wildman–Crippen MR) is 139 cm³/mol. The van der Waals surface area contributed by atoms with Gasteiger partial charge in [-0.1, -0.05) is 17.3 Å². The first-order valence-electron chi connectivity index (χ1n) is 12.1. The third-order valence-electron chi connectivity index (χ3n) is 6.27. The number of aliphatic hydroxyl groups excluding tert-OH is 1. The highest BCUT2D eigenvalue weighted by Gasteiger charge is 2.36. The van der Waals surface area contributed by atoms with Crippen molar-refractivity contribution >= 4 is 44.3 Å². The van der Waals surface area contributed by atoms with Crippen LogP contribution in [0.25, 0.3) is 0 Å². The normalized spacial score (nSPS) is 19.9. The third kappa shape index (κ3) is 6.72. The second-order valence-electron chi connectivity index (χ2n) is 9.32. The van der Waals surface area contributed by atoms with Crippen molar-refractivity contribution in [2.24, 2.45) is 5.16 Å². The maximum Gasteiger partial charge on any atom is 0.280 e. The molecule has 0 unspecified atom stereocenters. The van der Waals surface area contributed by atoms with E-state index in [-0.39, 0.29) is 28.5 Å². The van der Waals surface area contributed by atoms with Gasteiger partial charge in [0.15, 0.2) is 20.7 Å². The molecule has 2 heterocycles. The maximum atomic E-state index is 13.1. The minimum Gasteiger partial charge on any atom is -0.392 e. The Hall–Kier alpha value is -2.87. The number of nitrogens with zero attached hydrogens (tertiary/aromatic N) is 4. The van der Waals surface area contributed by atoms with E-state index in [0.717, 1.165) is 24.4 Å². The zero-order valence-corrected chi connectivity index (χ0v) is 22.4. The Morgan fingerprint density at radius 3 is 2.68 bits per heavy atom. The minimum atomic E-state index is -3.36. The van der Waals surface area contributed by atoms with E-state index in [9.17, 15) is 23.1 Å². The zero-order chi connectivity index (χ0) is 26.6. The number of hydrogen-bond donors (Lipinski definition) is 2. The molecule has 4 rings (SSSR count). The first-order chi connectivity index (χ1) is 17.7. The second-order valence-corrected chi connectivity index (χ2v) is 12.7. The Labute approximate surface area is 220 Å². The number of hydrogen-bond acceptors (Lipinski definition) is 10. The van der Waals surface area contributed by atoms with Gasteiger partial charge in [-0.3, -0.25) is 19.8 Å². The molecule has 1 aromatic carbocycles. The number of carbonyl (C=O) groups excluding carboxylic acids is 2. The number of benzene rings is 1. The molecule has 1 aromatic heterocycles. The number of piperazine rings is 1. The van der Waals surface area contributed by atoms with Gasteiger partial charge in [-0.15, -0.1) is 11.3 Å². The molecular weight excluding hydrogens is 518 g/mol. The van der Waals surface area contributed by atoms with Crippen molar-refractivity contribution in [3.05, 3.63) is 40.9 Å². The molecule has 37 heavy (non-hydrogen) atoms. The van der Waals surface area contributed by atoms with Crippen LogP contribution in [0, 0.1) is 0 Å². The molecular formula is C24H31N5O6S2. The van der Waals surface area contributed by atoms with E-state index in [2.05, 4.69) is 20.4 Å². The van der Waals surface area contributed by atoms with Crippen LogP contribution < -0.4 is 5.32 Å². The molecule has 2 fully saturated rings. The van der Waals surface area contributed by atoms with Crippen molar-refractivity contribution in [2.75, 3.05) is 31.6 Å². The van der Waals surface area contributed by atoms with E-state index in [0.29, 0.717) is 36.6 Å². The van der Waals surface area contributed by atoms with Gasteiger partial charge < -0.3 is 14.8 Å². The molecule has 2 aromatic rings. The molecule has 0 spiro atoms. The van der Waals surface area contributed by atoms with Crippen LogP contribution in [-0.2, 0) is 30.8 Å². The summed E-state index contributed by atoms with van der Waals surface area (Å²) in [5.74, 6) is -0.572. The highest BCUT2D eigenvalue weighted by atomic mass is 32.2. The van der Waals surface area contributed by atoms with Crippen LogP contribution in [-0.4, -0.2) is 90.0 Å². The van der Waals surface area contributed by atoms with Gasteiger partial charge in [0.1, 0.15) is 6.10 Å². The highest BCUT2D eigenvalue weighted by molar-refractivity contribution is 7.92. The molecule has 0 bridgehead atoms. The zero-order valence-electron chi connectivity index (χ0n) is 20.7. The predicted octanol–water partition coefficient (Wildman–Crippen LogP) is 1.48. The fraction of sp³-hybridized carbons (Fsp3) is 0.500. The van der Waals surface area contributed by atoms with E-state index in [1.165, 1.54) is 35.6 Å². The van der Waals surface area contributed by atoms with E-state index in [1.807, 2.05) is 6.92 Å². The first kappa shape index (κ1) is 27.2. The topological polar surface area (TPSA) is 141 Å². The number of aromatic nitrogens is 1. The number of carbonyl (C=O) groups is 2. The van der Waals surface area contributed by atoms with Crippen LogP contribution in [0.3, 0.4) is 0 Å². The van der Waals surface area contributed by atoms with Gasteiger partial charge in [0.25, 0.3) is 5.91 Å². The molecule has 2 aliphatic rings. The van der Waals surface area contributed by atoms with Crippen molar-refractivity contribution in [1.82, 2.24) is 14.8 Å². The van der Waals surface area contributed by atoms with Crippen LogP contribution in [0.2, 0.25) is 0 Å². The van der Waals surface area contributed by atoms with Crippen LogP contribution in [0.15, 0.2) is 40.5 Å². The molecule has 2 N–H and O–H groups in total. The average molecular weight is 550 g/mol. The van der Waals surface area contributed by atoms with Gasteiger partial charge in [-0.05, 0) is 38.8 Å². The molecule has 1 saturated carbocycles. The van der Waals surface area contributed by atoms with E-state index < -0.39 is 21.8 Å². The lowest BCUT2D eigenvalue weighted by atomic mass is 10.1. The molecule has 13 heteroatoms. The largest absolute Gasteiger partial charge is 0.392 e. The summed E-state index contributed by atoms with van der Waals surface area (Å²) < 4.78 is 25.0. The number of amides is 2. The molecule has 2 atom stereocenters. The van der Waals surface area contributed by atoms with Crippen molar-refractivity contribution in [1.29, 1.82) is 0 Å². The molecule has 1 aliphatic heterocycles. The monoisotopic (exact) mass is 549 g/mol. The van der Waals surface area contributed by atoms with Crippen molar-refractivity contribution in [3.63, 3.8) is 0 Å². The van der Waals surface area contributed by atoms with Gasteiger partial charge >= 0.3 is 0 Å².